The second kappa shape index (κ2) is 12.7. The molecule has 0 spiro atoms. The summed E-state index contributed by atoms with van der Waals surface area (Å²) in [7, 11) is -3.53. The first-order valence-electron chi connectivity index (χ1n) is 12.1. The minimum absolute atomic E-state index is 0.0134. The van der Waals surface area contributed by atoms with E-state index in [0.29, 0.717) is 18.7 Å². The molecular formula is C27H39N3O4S. The minimum atomic E-state index is -3.53. The summed E-state index contributed by atoms with van der Waals surface area (Å²) >= 11 is 0. The highest BCUT2D eigenvalue weighted by atomic mass is 32.2. The topological polar surface area (TPSA) is 86.8 Å². The van der Waals surface area contributed by atoms with Crippen LogP contribution in [0.5, 0.6) is 0 Å². The first kappa shape index (κ1) is 28.4. The summed E-state index contributed by atoms with van der Waals surface area (Å²) in [6, 6.07) is 14.6. The molecule has 2 atom stereocenters. The van der Waals surface area contributed by atoms with Gasteiger partial charge >= 0.3 is 0 Å². The number of carbonyl (C=O) groups is 2. The summed E-state index contributed by atoms with van der Waals surface area (Å²) in [4.78, 5) is 27.7. The number of hydrogen-bond donors (Lipinski definition) is 1. The third-order valence-corrected chi connectivity index (χ3v) is 7.33. The van der Waals surface area contributed by atoms with Gasteiger partial charge in [-0.25, -0.2) is 8.42 Å². The highest BCUT2D eigenvalue weighted by Crippen LogP contribution is 2.24. The van der Waals surface area contributed by atoms with Gasteiger partial charge in [-0.1, -0.05) is 49.4 Å². The Balaban J connectivity index is 2.18. The van der Waals surface area contributed by atoms with Crippen LogP contribution in [0.15, 0.2) is 48.5 Å². The Labute approximate surface area is 210 Å². The maximum atomic E-state index is 13.3. The number of nitrogens with one attached hydrogen (secondary N) is 1. The lowest BCUT2D eigenvalue weighted by Crippen LogP contribution is -2.49. The lowest BCUT2D eigenvalue weighted by atomic mass is 10.1. The molecule has 0 unspecified atom stereocenters. The van der Waals surface area contributed by atoms with Crippen molar-refractivity contribution in [3.63, 3.8) is 0 Å². The highest BCUT2D eigenvalue weighted by molar-refractivity contribution is 7.92. The molecule has 8 heteroatoms. The van der Waals surface area contributed by atoms with Crippen LogP contribution < -0.4 is 9.62 Å². The van der Waals surface area contributed by atoms with Crippen molar-refractivity contribution in [3.05, 3.63) is 65.2 Å². The van der Waals surface area contributed by atoms with Gasteiger partial charge in [0.1, 0.15) is 6.04 Å². The SMILES string of the molecule is CC[C@H](C)NC(=O)[C@@H](C)N(Cc1ccccc1)C(=O)CCCN(c1cc(C)ccc1C)S(C)(=O)=O. The van der Waals surface area contributed by atoms with Crippen LogP contribution in [0, 0.1) is 13.8 Å². The van der Waals surface area contributed by atoms with Crippen molar-refractivity contribution in [3.8, 4) is 0 Å². The van der Waals surface area contributed by atoms with Gasteiger partial charge in [0.2, 0.25) is 21.8 Å². The predicted molar refractivity (Wildman–Crippen MR) is 142 cm³/mol. The van der Waals surface area contributed by atoms with Gasteiger partial charge in [0, 0.05) is 25.6 Å². The van der Waals surface area contributed by atoms with E-state index in [1.54, 1.807) is 11.8 Å². The standard InChI is InChI=1S/C27H39N3O4S/c1-7-22(4)28-27(32)23(5)29(19-24-12-9-8-10-13-24)26(31)14-11-17-30(35(6,33)34)25-18-20(2)15-16-21(25)3/h8-10,12-13,15-16,18,22-23H,7,11,14,17,19H2,1-6H3,(H,28,32)/t22-,23+/m0/s1. The maximum Gasteiger partial charge on any atom is 0.242 e. The van der Waals surface area contributed by atoms with Crippen LogP contribution in [-0.4, -0.2) is 50.0 Å². The fraction of sp³-hybridized carbons (Fsp3) is 0.481. The first-order valence-corrected chi connectivity index (χ1v) is 14.0. The van der Waals surface area contributed by atoms with E-state index in [4.69, 9.17) is 0 Å². The molecule has 0 aliphatic carbocycles. The third-order valence-electron chi connectivity index (χ3n) is 6.15. The molecule has 0 fully saturated rings. The van der Waals surface area contributed by atoms with E-state index in [1.807, 2.05) is 76.2 Å². The largest absolute Gasteiger partial charge is 0.352 e. The molecule has 2 rings (SSSR count). The van der Waals surface area contributed by atoms with Crippen LogP contribution in [0.1, 0.15) is 56.7 Å². The van der Waals surface area contributed by atoms with E-state index < -0.39 is 16.1 Å². The van der Waals surface area contributed by atoms with Crippen LogP contribution in [0.4, 0.5) is 5.69 Å². The Bertz CT molecular complexity index is 1100. The summed E-state index contributed by atoms with van der Waals surface area (Å²) in [6.45, 7) is 9.94. The molecular weight excluding hydrogens is 462 g/mol. The summed E-state index contributed by atoms with van der Waals surface area (Å²) in [6.07, 6.45) is 2.44. The zero-order chi connectivity index (χ0) is 26.2. The molecule has 2 aromatic rings. The molecule has 192 valence electrons. The van der Waals surface area contributed by atoms with Crippen molar-refractivity contribution in [1.82, 2.24) is 10.2 Å². The number of rotatable bonds is 12. The van der Waals surface area contributed by atoms with Crippen LogP contribution in [-0.2, 0) is 26.2 Å². The Morgan fingerprint density at radius 3 is 2.29 bits per heavy atom. The highest BCUT2D eigenvalue weighted by Gasteiger charge is 2.27. The molecule has 0 bridgehead atoms. The van der Waals surface area contributed by atoms with E-state index >= 15 is 0 Å². The first-order chi connectivity index (χ1) is 16.4. The molecule has 0 saturated carbocycles. The van der Waals surface area contributed by atoms with E-state index in [1.165, 1.54) is 10.6 Å². The molecule has 0 radical (unpaired) electrons. The smallest absolute Gasteiger partial charge is 0.242 e. The number of sulfonamides is 1. The van der Waals surface area contributed by atoms with Crippen LogP contribution in [0.25, 0.3) is 0 Å². The average Bonchev–Trinajstić information content (AvgIpc) is 2.81. The number of benzene rings is 2. The predicted octanol–water partition coefficient (Wildman–Crippen LogP) is 4.18. The molecule has 7 nitrogen and oxygen atoms in total. The number of hydrogen-bond acceptors (Lipinski definition) is 4. The van der Waals surface area contributed by atoms with Crippen molar-refractivity contribution >= 4 is 27.5 Å². The average molecular weight is 502 g/mol. The number of carbonyl (C=O) groups excluding carboxylic acids is 2. The van der Waals surface area contributed by atoms with Gasteiger partial charge in [-0.3, -0.25) is 13.9 Å². The van der Waals surface area contributed by atoms with E-state index in [9.17, 15) is 18.0 Å². The number of amides is 2. The zero-order valence-electron chi connectivity index (χ0n) is 21.7. The van der Waals surface area contributed by atoms with Crippen LogP contribution in [0.3, 0.4) is 0 Å². The summed E-state index contributed by atoms with van der Waals surface area (Å²) < 4.78 is 26.5. The van der Waals surface area contributed by atoms with E-state index in [0.717, 1.165) is 23.1 Å². The van der Waals surface area contributed by atoms with Gasteiger partial charge in [0.25, 0.3) is 0 Å². The summed E-state index contributed by atoms with van der Waals surface area (Å²) in [5.41, 5.74) is 3.37. The van der Waals surface area contributed by atoms with E-state index in [2.05, 4.69) is 5.32 Å². The molecule has 35 heavy (non-hydrogen) atoms. The molecule has 0 aliphatic rings. The van der Waals surface area contributed by atoms with Crippen molar-refractivity contribution in [1.29, 1.82) is 0 Å². The van der Waals surface area contributed by atoms with Gasteiger partial charge in [-0.05, 0) is 63.3 Å². The second-order valence-corrected chi connectivity index (χ2v) is 11.1. The fourth-order valence-corrected chi connectivity index (χ4v) is 4.81. The Morgan fingerprint density at radius 2 is 1.69 bits per heavy atom. The van der Waals surface area contributed by atoms with Gasteiger partial charge in [0.05, 0.1) is 11.9 Å². The molecule has 0 saturated heterocycles. The zero-order valence-corrected chi connectivity index (χ0v) is 22.6. The van der Waals surface area contributed by atoms with Crippen molar-refractivity contribution in [2.24, 2.45) is 0 Å². The fourth-order valence-electron chi connectivity index (χ4n) is 3.80. The molecule has 2 amide bonds. The lowest BCUT2D eigenvalue weighted by Gasteiger charge is -2.30. The minimum Gasteiger partial charge on any atom is -0.352 e. The van der Waals surface area contributed by atoms with Crippen LogP contribution in [0.2, 0.25) is 0 Å². The quantitative estimate of drug-likeness (QED) is 0.473. The molecule has 2 aromatic carbocycles. The second-order valence-electron chi connectivity index (χ2n) is 9.23. The molecule has 0 aromatic heterocycles. The van der Waals surface area contributed by atoms with Crippen molar-refractivity contribution in [2.75, 3.05) is 17.1 Å². The van der Waals surface area contributed by atoms with Gasteiger partial charge in [-0.2, -0.15) is 0 Å². The third kappa shape index (κ3) is 8.38. The normalized spacial score (nSPS) is 13.1. The van der Waals surface area contributed by atoms with Gasteiger partial charge in [0.15, 0.2) is 0 Å². The summed E-state index contributed by atoms with van der Waals surface area (Å²) in [5, 5.41) is 2.96. The van der Waals surface area contributed by atoms with Gasteiger partial charge in [-0.15, -0.1) is 0 Å². The Morgan fingerprint density at radius 1 is 1.03 bits per heavy atom. The van der Waals surface area contributed by atoms with Crippen molar-refractivity contribution in [2.45, 2.75) is 72.5 Å². The monoisotopic (exact) mass is 501 g/mol. The maximum absolute atomic E-state index is 13.3. The molecule has 0 heterocycles. The Hall–Kier alpha value is -2.87. The van der Waals surface area contributed by atoms with Gasteiger partial charge < -0.3 is 10.2 Å². The molecule has 1 N–H and O–H groups in total. The van der Waals surface area contributed by atoms with E-state index in [-0.39, 0.29) is 30.8 Å². The number of nitrogens with zero attached hydrogens (tertiary/aromatic N) is 2. The molecule has 0 aliphatic heterocycles. The number of anilines is 1. The number of aryl methyl sites for hydroxylation is 2. The summed E-state index contributed by atoms with van der Waals surface area (Å²) in [5.74, 6) is -0.383. The van der Waals surface area contributed by atoms with Crippen LogP contribution >= 0.6 is 0 Å². The lowest BCUT2D eigenvalue weighted by molar-refractivity contribution is -0.140. The van der Waals surface area contributed by atoms with Crippen molar-refractivity contribution < 1.29 is 18.0 Å². The Kier molecular flexibility index (Phi) is 10.3.